The lowest BCUT2D eigenvalue weighted by Crippen LogP contribution is -2.13. The van der Waals surface area contributed by atoms with Crippen LogP contribution in [0, 0.1) is 0 Å². The minimum Gasteiger partial charge on any atom is -0.338 e. The highest BCUT2D eigenvalue weighted by Gasteiger charge is 2.24. The van der Waals surface area contributed by atoms with E-state index in [4.69, 9.17) is 4.52 Å². The largest absolute Gasteiger partial charge is 0.338 e. The smallest absolute Gasteiger partial charge is 0.239 e. The Balaban J connectivity index is 1.65. The summed E-state index contributed by atoms with van der Waals surface area (Å²) in [6.07, 6.45) is 0. The molecule has 1 atom stereocenters. The van der Waals surface area contributed by atoms with Crippen molar-refractivity contribution in [3.05, 3.63) is 42.0 Å². The first-order chi connectivity index (χ1) is 11.4. The number of hydrogen-bond donors (Lipinski definition) is 1. The number of rotatable bonds is 5. The number of anilines is 2. The second-order valence-electron chi connectivity index (χ2n) is 6.33. The fraction of sp³-hybridized carbons (Fsp3) is 0.375. The lowest BCUT2D eigenvalue weighted by atomic mass is 9.96. The van der Waals surface area contributed by atoms with E-state index in [-0.39, 0.29) is 10.7 Å². The fourth-order valence-corrected chi connectivity index (χ4v) is 3.81. The standard InChI is InChI=1S/C16H19N5OS2/c1-10(12-18-13(21-22-12)16(2,3)4)23-15-20-19-14(24-15)17-11-8-6-5-7-9-11/h5-10H,1-4H3,(H,17,19). The summed E-state index contributed by atoms with van der Waals surface area (Å²) in [4.78, 5) is 4.49. The minimum absolute atomic E-state index is 0.0196. The zero-order valence-electron chi connectivity index (χ0n) is 14.0. The summed E-state index contributed by atoms with van der Waals surface area (Å²) in [6, 6.07) is 9.91. The second kappa shape index (κ2) is 6.90. The third-order valence-electron chi connectivity index (χ3n) is 3.17. The van der Waals surface area contributed by atoms with Gasteiger partial charge in [-0.25, -0.2) is 0 Å². The lowest BCUT2D eigenvalue weighted by Gasteiger charge is -2.11. The first-order valence-electron chi connectivity index (χ1n) is 7.58. The highest BCUT2D eigenvalue weighted by Crippen LogP contribution is 2.37. The van der Waals surface area contributed by atoms with Crippen molar-refractivity contribution in [2.45, 2.75) is 42.7 Å². The van der Waals surface area contributed by atoms with Gasteiger partial charge >= 0.3 is 0 Å². The van der Waals surface area contributed by atoms with Gasteiger partial charge in [0, 0.05) is 11.1 Å². The second-order valence-corrected chi connectivity index (χ2v) is 8.90. The van der Waals surface area contributed by atoms with E-state index in [9.17, 15) is 0 Å². The number of nitrogens with zero attached hydrogens (tertiary/aromatic N) is 4. The quantitative estimate of drug-likeness (QED) is 0.653. The van der Waals surface area contributed by atoms with Crippen molar-refractivity contribution in [2.24, 2.45) is 0 Å². The molecular weight excluding hydrogens is 342 g/mol. The molecule has 0 aliphatic heterocycles. The Morgan fingerprint density at radius 1 is 1.17 bits per heavy atom. The van der Waals surface area contributed by atoms with Gasteiger partial charge in [-0.3, -0.25) is 0 Å². The van der Waals surface area contributed by atoms with Crippen LogP contribution in [0.15, 0.2) is 39.2 Å². The lowest BCUT2D eigenvalue weighted by molar-refractivity contribution is 0.364. The van der Waals surface area contributed by atoms with Crippen LogP contribution in [-0.4, -0.2) is 20.3 Å². The van der Waals surface area contributed by atoms with Crippen LogP contribution < -0.4 is 5.32 Å². The third-order valence-corrected chi connectivity index (χ3v) is 5.18. The normalized spacial score (nSPS) is 13.0. The molecule has 24 heavy (non-hydrogen) atoms. The summed E-state index contributed by atoms with van der Waals surface area (Å²) in [5.74, 6) is 1.33. The highest BCUT2D eigenvalue weighted by molar-refractivity contribution is 8.01. The van der Waals surface area contributed by atoms with Gasteiger partial charge in [0.1, 0.15) is 0 Å². The van der Waals surface area contributed by atoms with E-state index in [0.29, 0.717) is 11.7 Å². The minimum atomic E-state index is -0.123. The Labute approximate surface area is 149 Å². The van der Waals surface area contributed by atoms with Crippen LogP contribution in [0.2, 0.25) is 0 Å². The van der Waals surface area contributed by atoms with Gasteiger partial charge in [-0.05, 0) is 19.1 Å². The van der Waals surface area contributed by atoms with Crippen LogP contribution in [0.25, 0.3) is 0 Å². The molecule has 126 valence electrons. The Kier molecular flexibility index (Phi) is 4.86. The molecule has 1 N–H and O–H groups in total. The molecule has 6 nitrogen and oxygen atoms in total. The van der Waals surface area contributed by atoms with Gasteiger partial charge in [-0.1, -0.05) is 67.2 Å². The first-order valence-corrected chi connectivity index (χ1v) is 9.28. The molecule has 0 spiro atoms. The van der Waals surface area contributed by atoms with E-state index in [1.165, 1.54) is 11.3 Å². The van der Waals surface area contributed by atoms with Gasteiger partial charge < -0.3 is 9.84 Å². The molecule has 0 aliphatic carbocycles. The van der Waals surface area contributed by atoms with Crippen molar-refractivity contribution < 1.29 is 4.52 Å². The van der Waals surface area contributed by atoms with Crippen LogP contribution >= 0.6 is 23.1 Å². The molecule has 0 radical (unpaired) electrons. The Morgan fingerprint density at radius 3 is 2.58 bits per heavy atom. The van der Waals surface area contributed by atoms with Crippen molar-refractivity contribution in [2.75, 3.05) is 5.32 Å². The van der Waals surface area contributed by atoms with Gasteiger partial charge in [0.05, 0.1) is 5.25 Å². The maximum Gasteiger partial charge on any atom is 0.239 e. The maximum atomic E-state index is 5.39. The Morgan fingerprint density at radius 2 is 1.92 bits per heavy atom. The van der Waals surface area contributed by atoms with Gasteiger partial charge in [0.15, 0.2) is 10.2 Å². The number of aromatic nitrogens is 4. The summed E-state index contributed by atoms with van der Waals surface area (Å²) >= 11 is 3.06. The summed E-state index contributed by atoms with van der Waals surface area (Å²) in [6.45, 7) is 8.21. The molecular formula is C16H19N5OS2. The van der Waals surface area contributed by atoms with Crippen molar-refractivity contribution >= 4 is 33.9 Å². The van der Waals surface area contributed by atoms with Crippen LogP contribution in [0.4, 0.5) is 10.8 Å². The van der Waals surface area contributed by atoms with Crippen LogP contribution in [0.3, 0.4) is 0 Å². The number of nitrogens with one attached hydrogen (secondary N) is 1. The maximum absolute atomic E-state index is 5.39. The molecule has 3 rings (SSSR count). The molecule has 8 heteroatoms. The summed E-state index contributed by atoms with van der Waals surface area (Å²) in [5, 5.41) is 16.5. The van der Waals surface area contributed by atoms with Gasteiger partial charge in [-0.15, -0.1) is 10.2 Å². The van der Waals surface area contributed by atoms with Crippen molar-refractivity contribution in [1.29, 1.82) is 0 Å². The summed E-state index contributed by atoms with van der Waals surface area (Å²) in [5.41, 5.74) is 0.867. The van der Waals surface area contributed by atoms with Gasteiger partial charge in [-0.2, -0.15) is 4.98 Å². The fourth-order valence-electron chi connectivity index (χ4n) is 1.86. The Hall–Kier alpha value is -1.93. The predicted molar refractivity (Wildman–Crippen MR) is 96.9 cm³/mol. The summed E-state index contributed by atoms with van der Waals surface area (Å²) < 4.78 is 6.24. The molecule has 0 aliphatic rings. The van der Waals surface area contributed by atoms with Crippen molar-refractivity contribution in [1.82, 2.24) is 20.3 Å². The monoisotopic (exact) mass is 361 g/mol. The number of hydrogen-bond acceptors (Lipinski definition) is 8. The number of thioether (sulfide) groups is 1. The number of benzene rings is 1. The predicted octanol–water partition coefficient (Wildman–Crippen LogP) is 4.82. The molecule has 3 aromatic rings. The molecule has 2 heterocycles. The molecule has 2 aromatic heterocycles. The van der Waals surface area contributed by atoms with Gasteiger partial charge in [0.2, 0.25) is 11.0 Å². The van der Waals surface area contributed by atoms with E-state index in [0.717, 1.165) is 15.2 Å². The van der Waals surface area contributed by atoms with Crippen LogP contribution in [0.1, 0.15) is 44.7 Å². The zero-order valence-corrected chi connectivity index (χ0v) is 15.6. The van der Waals surface area contributed by atoms with Gasteiger partial charge in [0.25, 0.3) is 0 Å². The van der Waals surface area contributed by atoms with E-state index < -0.39 is 0 Å². The third kappa shape index (κ3) is 4.12. The molecule has 1 unspecified atom stereocenters. The summed E-state index contributed by atoms with van der Waals surface area (Å²) in [7, 11) is 0. The molecule has 0 bridgehead atoms. The number of para-hydroxylation sites is 1. The molecule has 0 amide bonds. The molecule has 0 saturated carbocycles. The first kappa shape index (κ1) is 16.9. The van der Waals surface area contributed by atoms with Crippen LogP contribution in [0.5, 0.6) is 0 Å². The van der Waals surface area contributed by atoms with E-state index in [1.54, 1.807) is 11.8 Å². The zero-order chi connectivity index (χ0) is 17.2. The van der Waals surface area contributed by atoms with Crippen molar-refractivity contribution in [3.63, 3.8) is 0 Å². The SMILES string of the molecule is CC(Sc1nnc(Nc2ccccc2)s1)c1nc(C(C)(C)C)no1. The van der Waals surface area contributed by atoms with Crippen molar-refractivity contribution in [3.8, 4) is 0 Å². The van der Waals surface area contributed by atoms with E-state index >= 15 is 0 Å². The molecule has 0 fully saturated rings. The van der Waals surface area contributed by atoms with E-state index in [1.807, 2.05) is 37.3 Å². The Bertz CT molecular complexity index is 794. The highest BCUT2D eigenvalue weighted by atomic mass is 32.2. The average molecular weight is 361 g/mol. The van der Waals surface area contributed by atoms with Crippen LogP contribution in [-0.2, 0) is 5.41 Å². The average Bonchev–Trinajstić information content (AvgIpc) is 3.17. The topological polar surface area (TPSA) is 76.7 Å². The molecule has 0 saturated heterocycles. The molecule has 1 aromatic carbocycles. The van der Waals surface area contributed by atoms with E-state index in [2.05, 4.69) is 46.4 Å².